The van der Waals surface area contributed by atoms with Crippen LogP contribution in [0.25, 0.3) is 0 Å². The molecule has 0 bridgehead atoms. The van der Waals surface area contributed by atoms with Gasteiger partial charge in [0, 0.05) is 19.1 Å². The van der Waals surface area contributed by atoms with E-state index in [0.717, 1.165) is 51.6 Å². The Balaban J connectivity index is 1.94. The molecule has 0 unspecified atom stereocenters. The lowest BCUT2D eigenvalue weighted by atomic mass is 9.80. The second-order valence-corrected chi connectivity index (χ2v) is 15.8. The Labute approximate surface area is 186 Å². The molecule has 178 valence electrons. The van der Waals surface area contributed by atoms with Gasteiger partial charge in [-0.05, 0) is 76.9 Å². The van der Waals surface area contributed by atoms with Crippen molar-refractivity contribution >= 4 is 8.32 Å². The van der Waals surface area contributed by atoms with E-state index in [1.807, 2.05) is 13.8 Å². The molecule has 0 radical (unpaired) electrons. The lowest BCUT2D eigenvalue weighted by Crippen LogP contribution is -2.49. The average Bonchev–Trinajstić information content (AvgIpc) is 2.76. The second kappa shape index (κ2) is 11.2. The van der Waals surface area contributed by atoms with E-state index in [9.17, 15) is 5.11 Å². The van der Waals surface area contributed by atoms with Crippen molar-refractivity contribution in [2.24, 2.45) is 5.92 Å². The van der Waals surface area contributed by atoms with Crippen LogP contribution in [-0.4, -0.2) is 63.8 Å². The van der Waals surface area contributed by atoms with Crippen molar-refractivity contribution < 1.29 is 23.7 Å². The minimum absolute atomic E-state index is 0.130. The number of ether oxygens (including phenoxy) is 3. The highest BCUT2D eigenvalue weighted by Crippen LogP contribution is 2.44. The van der Waals surface area contributed by atoms with Gasteiger partial charge in [0.2, 0.25) is 0 Å². The van der Waals surface area contributed by atoms with Gasteiger partial charge in [-0.2, -0.15) is 0 Å². The number of fused-ring (bicyclic) bond motifs is 1. The molecule has 1 N–H and O–H groups in total. The van der Waals surface area contributed by atoms with Crippen LogP contribution in [0.5, 0.6) is 0 Å². The molecule has 2 rings (SSSR count). The zero-order valence-electron chi connectivity index (χ0n) is 20.7. The minimum atomic E-state index is -1.82. The summed E-state index contributed by atoms with van der Waals surface area (Å²) in [6.07, 6.45) is 7.18. The van der Waals surface area contributed by atoms with Crippen LogP contribution in [-0.2, 0) is 18.6 Å². The minimum Gasteiger partial charge on any atom is -0.414 e. The van der Waals surface area contributed by atoms with E-state index in [2.05, 4.69) is 33.9 Å². The molecule has 1 saturated heterocycles. The Morgan fingerprint density at radius 1 is 1.07 bits per heavy atom. The van der Waals surface area contributed by atoms with E-state index in [-0.39, 0.29) is 23.4 Å². The van der Waals surface area contributed by atoms with Crippen LogP contribution in [0.3, 0.4) is 0 Å². The molecule has 0 aromatic carbocycles. The molecule has 6 heteroatoms. The van der Waals surface area contributed by atoms with Gasteiger partial charge in [-0.15, -0.1) is 0 Å². The van der Waals surface area contributed by atoms with Crippen molar-refractivity contribution in [2.75, 3.05) is 26.4 Å². The molecule has 5 nitrogen and oxygen atoms in total. The molecule has 1 aliphatic heterocycles. The summed E-state index contributed by atoms with van der Waals surface area (Å²) in [5, 5.41) is 11.4. The van der Waals surface area contributed by atoms with Gasteiger partial charge >= 0.3 is 0 Å². The molecule has 5 atom stereocenters. The van der Waals surface area contributed by atoms with Gasteiger partial charge < -0.3 is 23.7 Å². The predicted molar refractivity (Wildman–Crippen MR) is 124 cm³/mol. The van der Waals surface area contributed by atoms with E-state index in [0.29, 0.717) is 25.7 Å². The zero-order valence-corrected chi connectivity index (χ0v) is 21.7. The molecular weight excluding hydrogens is 396 g/mol. The Bertz CT molecular complexity index is 502. The molecule has 1 heterocycles. The first kappa shape index (κ1) is 26.3. The van der Waals surface area contributed by atoms with Gasteiger partial charge in [0.05, 0.1) is 37.1 Å². The molecule has 0 aromatic rings. The van der Waals surface area contributed by atoms with E-state index in [1.54, 1.807) is 0 Å². The van der Waals surface area contributed by atoms with Crippen LogP contribution in [0, 0.1) is 5.92 Å². The van der Waals surface area contributed by atoms with Crippen LogP contribution in [0.1, 0.15) is 79.6 Å². The van der Waals surface area contributed by atoms with E-state index >= 15 is 0 Å². The molecule has 2 fully saturated rings. The third-order valence-corrected chi connectivity index (χ3v) is 12.0. The molecule has 0 spiro atoms. The highest BCUT2D eigenvalue weighted by atomic mass is 28.4. The van der Waals surface area contributed by atoms with Gasteiger partial charge in [-0.3, -0.25) is 0 Å². The fraction of sp³-hybridized carbons (Fsp3) is 1.00. The monoisotopic (exact) mass is 444 g/mol. The summed E-state index contributed by atoms with van der Waals surface area (Å²) in [5.74, 6) is 0.395. The first-order valence-corrected chi connectivity index (χ1v) is 15.1. The number of hydrogen-bond donors (Lipinski definition) is 1. The van der Waals surface area contributed by atoms with Crippen molar-refractivity contribution in [1.82, 2.24) is 0 Å². The standard InChI is InChI=1S/C24H48O5Si/c1-8-26-17-18-27-16-10-13-22-24(5,25)15-14-19-20(28-22)11-9-12-21(19)29-30(6,7)23(2,3)4/h19-22,25H,8-18H2,1-7H3/t19-,20+,21-,22-,24+/m1/s1. The molecule has 1 aliphatic carbocycles. The maximum Gasteiger partial charge on any atom is 0.192 e. The first-order valence-electron chi connectivity index (χ1n) is 12.2. The Morgan fingerprint density at radius 3 is 2.43 bits per heavy atom. The van der Waals surface area contributed by atoms with Crippen LogP contribution in [0.2, 0.25) is 18.1 Å². The van der Waals surface area contributed by atoms with Gasteiger partial charge in [0.15, 0.2) is 8.32 Å². The summed E-state index contributed by atoms with van der Waals surface area (Å²) in [6.45, 7) is 18.2. The van der Waals surface area contributed by atoms with Crippen molar-refractivity contribution in [3.8, 4) is 0 Å². The molecule has 30 heavy (non-hydrogen) atoms. The third kappa shape index (κ3) is 7.28. The summed E-state index contributed by atoms with van der Waals surface area (Å²) in [5.41, 5.74) is -0.788. The van der Waals surface area contributed by atoms with Crippen LogP contribution < -0.4 is 0 Å². The largest absolute Gasteiger partial charge is 0.414 e. The Morgan fingerprint density at radius 2 is 1.77 bits per heavy atom. The average molecular weight is 445 g/mol. The van der Waals surface area contributed by atoms with Crippen LogP contribution in [0.15, 0.2) is 0 Å². The number of hydrogen-bond acceptors (Lipinski definition) is 5. The smallest absolute Gasteiger partial charge is 0.192 e. The van der Waals surface area contributed by atoms with Crippen molar-refractivity contribution in [3.63, 3.8) is 0 Å². The van der Waals surface area contributed by atoms with Gasteiger partial charge in [0.25, 0.3) is 0 Å². The summed E-state index contributed by atoms with van der Waals surface area (Å²) in [7, 11) is -1.82. The maximum atomic E-state index is 11.2. The fourth-order valence-corrected chi connectivity index (χ4v) is 5.92. The Hall–Kier alpha value is 0.0169. The van der Waals surface area contributed by atoms with Crippen molar-refractivity contribution in [2.45, 2.75) is 122 Å². The first-order chi connectivity index (χ1) is 14.0. The highest BCUT2D eigenvalue weighted by Gasteiger charge is 2.47. The predicted octanol–water partition coefficient (Wildman–Crippen LogP) is 5.31. The normalized spacial score (nSPS) is 33.2. The second-order valence-electron chi connectivity index (χ2n) is 11.0. The molecule has 1 saturated carbocycles. The molecule has 0 aromatic heterocycles. The lowest BCUT2D eigenvalue weighted by molar-refractivity contribution is -0.141. The van der Waals surface area contributed by atoms with E-state index < -0.39 is 13.9 Å². The SMILES string of the molecule is CCOCCOCCC[C@H]1O[C@H]2CCC[C@@H](O[Si](C)(C)C(C)(C)C)[C@@H]2CC[C@]1(C)O. The van der Waals surface area contributed by atoms with E-state index in [4.69, 9.17) is 18.6 Å². The van der Waals surface area contributed by atoms with E-state index in [1.165, 1.54) is 0 Å². The van der Waals surface area contributed by atoms with Crippen molar-refractivity contribution in [3.05, 3.63) is 0 Å². The zero-order chi connectivity index (χ0) is 22.4. The van der Waals surface area contributed by atoms with Gasteiger partial charge in [-0.1, -0.05) is 20.8 Å². The lowest BCUT2D eigenvalue weighted by Gasteiger charge is -2.45. The van der Waals surface area contributed by atoms with Gasteiger partial charge in [-0.25, -0.2) is 0 Å². The van der Waals surface area contributed by atoms with Crippen LogP contribution >= 0.6 is 0 Å². The highest BCUT2D eigenvalue weighted by molar-refractivity contribution is 6.74. The number of rotatable bonds is 10. The van der Waals surface area contributed by atoms with Crippen molar-refractivity contribution in [1.29, 1.82) is 0 Å². The summed E-state index contributed by atoms with van der Waals surface area (Å²) in [4.78, 5) is 0. The molecule has 2 aliphatic rings. The number of aliphatic hydroxyl groups is 1. The molecule has 0 amide bonds. The summed E-state index contributed by atoms with van der Waals surface area (Å²) < 4.78 is 24.4. The van der Waals surface area contributed by atoms with Crippen LogP contribution in [0.4, 0.5) is 0 Å². The van der Waals surface area contributed by atoms with Gasteiger partial charge in [0.1, 0.15) is 0 Å². The fourth-order valence-electron chi connectivity index (χ4n) is 4.52. The third-order valence-electron chi connectivity index (χ3n) is 7.53. The molecular formula is C24H48O5Si. The Kier molecular flexibility index (Phi) is 9.84. The quantitative estimate of drug-likeness (QED) is 0.365. The maximum absolute atomic E-state index is 11.2. The summed E-state index contributed by atoms with van der Waals surface area (Å²) in [6, 6.07) is 0. The topological polar surface area (TPSA) is 57.2 Å². The summed E-state index contributed by atoms with van der Waals surface area (Å²) >= 11 is 0.